The van der Waals surface area contributed by atoms with Gasteiger partial charge in [0.1, 0.15) is 22.9 Å². The van der Waals surface area contributed by atoms with Crippen LogP contribution >= 0.6 is 0 Å². The Bertz CT molecular complexity index is 914. The van der Waals surface area contributed by atoms with E-state index < -0.39 is 0 Å². The average Bonchev–Trinajstić information content (AvgIpc) is 3.02. The number of rotatable bonds is 6. The van der Waals surface area contributed by atoms with E-state index in [2.05, 4.69) is 22.0 Å². The van der Waals surface area contributed by atoms with Crippen LogP contribution in [0.1, 0.15) is 75.7 Å². The van der Waals surface area contributed by atoms with Gasteiger partial charge in [0.25, 0.3) is 0 Å². The maximum Gasteiger partial charge on any atom is 0.150 e. The maximum atomic E-state index is 6.24. The molecule has 2 fully saturated rings. The predicted molar refractivity (Wildman–Crippen MR) is 114 cm³/mol. The number of nitrogens with zero attached hydrogens (tertiary/aromatic N) is 3. The lowest BCUT2D eigenvalue weighted by Crippen LogP contribution is -2.15. The van der Waals surface area contributed by atoms with E-state index >= 15 is 0 Å². The van der Waals surface area contributed by atoms with Gasteiger partial charge in [-0.3, -0.25) is 4.40 Å². The van der Waals surface area contributed by atoms with Crippen LogP contribution in [0.4, 0.5) is 5.82 Å². The molecule has 2 N–H and O–H groups in total. The van der Waals surface area contributed by atoms with E-state index in [1.165, 1.54) is 38.5 Å². The number of fused-ring (bicyclic) bond motifs is 1. The zero-order chi connectivity index (χ0) is 19.5. The van der Waals surface area contributed by atoms with Crippen molar-refractivity contribution in [2.45, 2.75) is 70.3 Å². The minimum atomic E-state index is 0.304. The number of nitrogen functional groups attached to an aromatic ring is 1. The molecule has 2 aliphatic carbocycles. The van der Waals surface area contributed by atoms with Gasteiger partial charge in [0.15, 0.2) is 0 Å². The van der Waals surface area contributed by atoms with Crippen molar-refractivity contribution in [3.05, 3.63) is 54.5 Å². The Hall–Kier alpha value is -2.56. The van der Waals surface area contributed by atoms with Gasteiger partial charge in [-0.2, -0.15) is 0 Å². The Morgan fingerprint density at radius 3 is 2.64 bits per heavy atom. The molecule has 5 nitrogen and oxygen atoms in total. The molecule has 0 bridgehead atoms. The highest BCUT2D eigenvalue weighted by Gasteiger charge is 2.27. The molecular formula is C23H30N4O. The first-order valence-corrected chi connectivity index (χ1v) is 10.5. The van der Waals surface area contributed by atoms with E-state index in [0.29, 0.717) is 23.6 Å². The van der Waals surface area contributed by atoms with Crippen LogP contribution < -0.4 is 5.73 Å². The summed E-state index contributed by atoms with van der Waals surface area (Å²) in [4.78, 5) is 9.29. The summed E-state index contributed by atoms with van der Waals surface area (Å²) in [6, 6.07) is 0. The summed E-state index contributed by atoms with van der Waals surface area (Å²) in [5.74, 6) is 2.82. The molecule has 148 valence electrons. The minimum Gasteiger partial charge on any atom is -0.491 e. The summed E-state index contributed by atoms with van der Waals surface area (Å²) in [6.07, 6.45) is 19.8. The van der Waals surface area contributed by atoms with Gasteiger partial charge in [-0.25, -0.2) is 9.97 Å². The highest BCUT2D eigenvalue weighted by atomic mass is 16.5. The first-order chi connectivity index (χ1) is 13.7. The lowest BCUT2D eigenvalue weighted by atomic mass is 9.85. The largest absolute Gasteiger partial charge is 0.491 e. The Kier molecular flexibility index (Phi) is 5.51. The molecule has 2 aromatic heterocycles. The summed E-state index contributed by atoms with van der Waals surface area (Å²) in [6.45, 7) is 6.10. The fourth-order valence-corrected chi connectivity index (χ4v) is 4.17. The maximum absolute atomic E-state index is 6.24. The highest BCUT2D eigenvalue weighted by Crippen LogP contribution is 2.38. The second-order valence-electron chi connectivity index (χ2n) is 7.90. The molecule has 0 unspecified atom stereocenters. The number of ether oxygens (including phenoxy) is 1. The third kappa shape index (κ3) is 3.71. The summed E-state index contributed by atoms with van der Waals surface area (Å²) in [7, 11) is 0. The standard InChI is InChI=1S/C23H30N4O/c1-3-17(13-12-16(2)28-19-10-5-4-6-11-19)20-21-22(24)25-14-15-27(21)23(26-20)18-8-7-9-18/h3,12-15,18-19H,2,4-11H2,1H3,(H2,24,25)/b13-12-,17-3+. The molecule has 28 heavy (non-hydrogen) atoms. The molecule has 2 aromatic rings. The first kappa shape index (κ1) is 18.8. The van der Waals surface area contributed by atoms with Gasteiger partial charge in [0.05, 0.1) is 11.8 Å². The topological polar surface area (TPSA) is 65.4 Å². The number of anilines is 1. The second-order valence-corrected chi connectivity index (χ2v) is 7.90. The van der Waals surface area contributed by atoms with E-state index in [-0.39, 0.29) is 0 Å². The van der Waals surface area contributed by atoms with Crippen LogP contribution in [0.15, 0.2) is 43.0 Å². The Morgan fingerprint density at radius 2 is 1.96 bits per heavy atom. The van der Waals surface area contributed by atoms with Crippen molar-refractivity contribution in [2.24, 2.45) is 0 Å². The molecule has 0 atom stereocenters. The van der Waals surface area contributed by atoms with Crippen molar-refractivity contribution in [1.82, 2.24) is 14.4 Å². The molecule has 5 heteroatoms. The van der Waals surface area contributed by atoms with Crippen molar-refractivity contribution in [3.63, 3.8) is 0 Å². The number of nitrogens with two attached hydrogens (primary N) is 1. The molecule has 0 spiro atoms. The number of hydrogen-bond donors (Lipinski definition) is 1. The molecule has 4 rings (SSSR count). The third-order valence-corrected chi connectivity index (χ3v) is 5.98. The van der Waals surface area contributed by atoms with Crippen LogP contribution in [0.25, 0.3) is 11.1 Å². The number of allylic oxidation sites excluding steroid dienone is 4. The van der Waals surface area contributed by atoms with Gasteiger partial charge in [0, 0.05) is 18.3 Å². The first-order valence-electron chi connectivity index (χ1n) is 10.5. The molecule has 2 saturated carbocycles. The SMILES string of the molecule is C=C(/C=C\C(=C/C)c1nc(C2CCC2)n2ccnc(N)c12)OC1CCCCC1. The van der Waals surface area contributed by atoms with Gasteiger partial charge in [-0.15, -0.1) is 0 Å². The Balaban J connectivity index is 1.59. The van der Waals surface area contributed by atoms with Gasteiger partial charge in [0.2, 0.25) is 0 Å². The fourth-order valence-electron chi connectivity index (χ4n) is 4.17. The van der Waals surface area contributed by atoms with Crippen LogP contribution in [0.5, 0.6) is 0 Å². The minimum absolute atomic E-state index is 0.304. The number of imidazole rings is 1. The molecule has 0 amide bonds. The van der Waals surface area contributed by atoms with Crippen LogP contribution in [-0.4, -0.2) is 20.5 Å². The van der Waals surface area contributed by atoms with E-state index in [1.807, 2.05) is 25.3 Å². The van der Waals surface area contributed by atoms with Crippen LogP contribution in [0.2, 0.25) is 0 Å². The van der Waals surface area contributed by atoms with Crippen molar-refractivity contribution in [3.8, 4) is 0 Å². The molecular weight excluding hydrogens is 348 g/mol. The third-order valence-electron chi connectivity index (χ3n) is 5.98. The molecule has 0 radical (unpaired) electrons. The van der Waals surface area contributed by atoms with Gasteiger partial charge in [-0.1, -0.05) is 25.5 Å². The van der Waals surface area contributed by atoms with Crippen LogP contribution in [-0.2, 0) is 4.74 Å². The van der Waals surface area contributed by atoms with Gasteiger partial charge in [-0.05, 0) is 63.2 Å². The smallest absolute Gasteiger partial charge is 0.150 e. The van der Waals surface area contributed by atoms with Crippen molar-refractivity contribution in [2.75, 3.05) is 5.73 Å². The van der Waals surface area contributed by atoms with E-state index in [4.69, 9.17) is 15.5 Å². The normalized spacial score (nSPS) is 19.2. The predicted octanol–water partition coefficient (Wildman–Crippen LogP) is 5.40. The molecule has 0 aliphatic heterocycles. The lowest BCUT2D eigenvalue weighted by molar-refractivity contribution is 0.0909. The second kappa shape index (κ2) is 8.21. The van der Waals surface area contributed by atoms with Crippen molar-refractivity contribution >= 4 is 16.9 Å². The van der Waals surface area contributed by atoms with Gasteiger partial charge >= 0.3 is 0 Å². The zero-order valence-electron chi connectivity index (χ0n) is 16.7. The Morgan fingerprint density at radius 1 is 1.18 bits per heavy atom. The average molecular weight is 379 g/mol. The number of hydrogen-bond acceptors (Lipinski definition) is 4. The molecule has 0 saturated heterocycles. The molecule has 2 aliphatic rings. The van der Waals surface area contributed by atoms with E-state index in [9.17, 15) is 0 Å². The van der Waals surface area contributed by atoms with E-state index in [1.54, 1.807) is 6.20 Å². The fraction of sp³-hybridized carbons (Fsp3) is 0.478. The molecule has 0 aromatic carbocycles. The summed E-state index contributed by atoms with van der Waals surface area (Å²) < 4.78 is 8.15. The lowest BCUT2D eigenvalue weighted by Gasteiger charge is -2.23. The quantitative estimate of drug-likeness (QED) is 0.540. The van der Waals surface area contributed by atoms with Crippen LogP contribution in [0, 0.1) is 0 Å². The van der Waals surface area contributed by atoms with E-state index in [0.717, 1.165) is 35.4 Å². The summed E-state index contributed by atoms with van der Waals surface area (Å²) in [5, 5.41) is 0. The zero-order valence-corrected chi connectivity index (χ0v) is 16.7. The monoisotopic (exact) mass is 378 g/mol. The van der Waals surface area contributed by atoms with Crippen molar-refractivity contribution in [1.29, 1.82) is 0 Å². The Labute approximate surface area is 167 Å². The van der Waals surface area contributed by atoms with Crippen LogP contribution in [0.3, 0.4) is 0 Å². The van der Waals surface area contributed by atoms with Gasteiger partial charge < -0.3 is 10.5 Å². The number of aromatic nitrogens is 3. The summed E-state index contributed by atoms with van der Waals surface area (Å²) >= 11 is 0. The molecule has 2 heterocycles. The van der Waals surface area contributed by atoms with Crippen molar-refractivity contribution < 1.29 is 4.74 Å². The highest BCUT2D eigenvalue weighted by molar-refractivity contribution is 5.87. The summed E-state index contributed by atoms with van der Waals surface area (Å²) in [5.41, 5.74) is 9.02.